The number of benzene rings is 2. The summed E-state index contributed by atoms with van der Waals surface area (Å²) in [4.78, 5) is 16.0. The van der Waals surface area contributed by atoms with Gasteiger partial charge in [0.05, 0.1) is 27.3 Å². The number of primary amides is 1. The number of fused-ring (bicyclic) bond motifs is 1. The zero-order valence-corrected chi connectivity index (χ0v) is 18.4. The van der Waals surface area contributed by atoms with Crippen molar-refractivity contribution in [3.05, 3.63) is 78.8 Å². The van der Waals surface area contributed by atoms with Crippen LogP contribution < -0.4 is 10.5 Å². The number of sulfone groups is 1. The normalized spacial score (nSPS) is 12.0. The second-order valence-corrected chi connectivity index (χ2v) is 10.8. The molecule has 0 aliphatic carbocycles. The molecule has 11 heteroatoms. The first-order valence-electron chi connectivity index (χ1n) is 9.25. The minimum absolute atomic E-state index is 0.00526. The molecular formula is C21H18N4O5S2. The van der Waals surface area contributed by atoms with Crippen LogP contribution >= 0.6 is 0 Å². The molecule has 32 heavy (non-hydrogen) atoms. The Morgan fingerprint density at radius 2 is 1.72 bits per heavy atom. The number of hydrogen-bond acceptors (Lipinski definition) is 6. The molecule has 0 aliphatic heterocycles. The van der Waals surface area contributed by atoms with Crippen molar-refractivity contribution in [1.29, 1.82) is 0 Å². The zero-order valence-electron chi connectivity index (χ0n) is 16.8. The summed E-state index contributed by atoms with van der Waals surface area (Å²) in [5.41, 5.74) is 6.82. The zero-order chi connectivity index (χ0) is 23.1. The number of rotatable bonds is 6. The maximum Gasteiger partial charge on any atom is 0.265 e. The number of nitrogens with one attached hydrogen (secondary N) is 1. The highest BCUT2D eigenvalue weighted by molar-refractivity contribution is 7.92. The van der Waals surface area contributed by atoms with Crippen LogP contribution in [0.4, 0.5) is 5.69 Å². The highest BCUT2D eigenvalue weighted by Gasteiger charge is 2.21. The number of anilines is 1. The Hall–Kier alpha value is -3.70. The van der Waals surface area contributed by atoms with Crippen LogP contribution in [0, 0.1) is 0 Å². The molecule has 0 saturated carbocycles. The molecule has 0 bridgehead atoms. The Morgan fingerprint density at radius 1 is 0.969 bits per heavy atom. The molecule has 0 atom stereocenters. The van der Waals surface area contributed by atoms with Crippen molar-refractivity contribution in [2.45, 2.75) is 9.79 Å². The van der Waals surface area contributed by atoms with Gasteiger partial charge in [-0.05, 0) is 48.5 Å². The molecule has 2 heterocycles. The number of nitrogens with two attached hydrogens (primary N) is 1. The van der Waals surface area contributed by atoms with Gasteiger partial charge in [-0.2, -0.15) is 0 Å². The van der Waals surface area contributed by atoms with Gasteiger partial charge in [0.15, 0.2) is 0 Å². The third kappa shape index (κ3) is 4.07. The predicted molar refractivity (Wildman–Crippen MR) is 120 cm³/mol. The van der Waals surface area contributed by atoms with Crippen molar-refractivity contribution in [2.24, 2.45) is 5.73 Å². The van der Waals surface area contributed by atoms with Crippen molar-refractivity contribution in [3.8, 4) is 5.69 Å². The fourth-order valence-corrected chi connectivity index (χ4v) is 5.19. The molecule has 0 saturated heterocycles. The SMILES string of the molecule is CS(=O)(=O)Nc1ccc2cc(C(N)=O)n(-c3cccc(S(=O)(=O)c4cccnc4)c3)c2c1. The fraction of sp³-hybridized carbons (Fsp3) is 0.0476. The van der Waals surface area contributed by atoms with Crippen LogP contribution in [-0.4, -0.2) is 38.5 Å². The Morgan fingerprint density at radius 3 is 2.38 bits per heavy atom. The summed E-state index contributed by atoms with van der Waals surface area (Å²) in [5, 5.41) is 0.623. The predicted octanol–water partition coefficient (Wildman–Crippen LogP) is 2.33. The van der Waals surface area contributed by atoms with Gasteiger partial charge >= 0.3 is 0 Å². The largest absolute Gasteiger partial charge is 0.364 e. The van der Waals surface area contributed by atoms with E-state index in [1.807, 2.05) is 0 Å². The lowest BCUT2D eigenvalue weighted by molar-refractivity contribution is 0.0994. The van der Waals surface area contributed by atoms with Gasteiger partial charge in [0.25, 0.3) is 5.91 Å². The average molecular weight is 471 g/mol. The van der Waals surface area contributed by atoms with Crippen molar-refractivity contribution in [1.82, 2.24) is 9.55 Å². The van der Waals surface area contributed by atoms with E-state index in [1.54, 1.807) is 36.4 Å². The Labute approximate surface area is 184 Å². The highest BCUT2D eigenvalue weighted by Crippen LogP contribution is 2.29. The molecule has 0 aliphatic rings. The third-order valence-electron chi connectivity index (χ3n) is 4.69. The first-order chi connectivity index (χ1) is 15.1. The van der Waals surface area contributed by atoms with Crippen LogP contribution in [0.1, 0.15) is 10.5 Å². The monoisotopic (exact) mass is 470 g/mol. The summed E-state index contributed by atoms with van der Waals surface area (Å²) in [6, 6.07) is 15.3. The lowest BCUT2D eigenvalue weighted by Gasteiger charge is -2.12. The summed E-state index contributed by atoms with van der Waals surface area (Å²) >= 11 is 0. The van der Waals surface area contributed by atoms with Gasteiger partial charge in [-0.25, -0.2) is 16.8 Å². The second kappa shape index (κ2) is 7.77. The molecular weight excluding hydrogens is 452 g/mol. The quantitative estimate of drug-likeness (QED) is 0.443. The first kappa shape index (κ1) is 21.5. The number of pyridine rings is 1. The van der Waals surface area contributed by atoms with Gasteiger partial charge in [0.2, 0.25) is 19.9 Å². The minimum Gasteiger partial charge on any atom is -0.364 e. The molecule has 1 amide bonds. The number of hydrogen-bond donors (Lipinski definition) is 2. The lowest BCUT2D eigenvalue weighted by atomic mass is 10.2. The van der Waals surface area contributed by atoms with E-state index >= 15 is 0 Å². The van der Waals surface area contributed by atoms with Crippen molar-refractivity contribution in [2.75, 3.05) is 11.0 Å². The Balaban J connectivity index is 1.93. The number of carbonyl (C=O) groups is 1. The van der Waals surface area contributed by atoms with Gasteiger partial charge in [0, 0.05) is 23.5 Å². The molecule has 9 nitrogen and oxygen atoms in total. The average Bonchev–Trinajstić information content (AvgIpc) is 3.12. The topological polar surface area (TPSA) is 141 Å². The number of sulfonamides is 1. The first-order valence-corrected chi connectivity index (χ1v) is 12.6. The summed E-state index contributed by atoms with van der Waals surface area (Å²) in [5.74, 6) is -0.723. The number of aromatic nitrogens is 2. The van der Waals surface area contributed by atoms with Crippen LogP contribution in [0.2, 0.25) is 0 Å². The molecule has 164 valence electrons. The third-order valence-corrected chi connectivity index (χ3v) is 7.03. The van der Waals surface area contributed by atoms with Crippen LogP contribution in [0.5, 0.6) is 0 Å². The van der Waals surface area contributed by atoms with Crippen LogP contribution in [0.3, 0.4) is 0 Å². The number of amides is 1. The lowest BCUT2D eigenvalue weighted by Crippen LogP contribution is -2.16. The highest BCUT2D eigenvalue weighted by atomic mass is 32.2. The molecule has 2 aromatic carbocycles. The van der Waals surface area contributed by atoms with Gasteiger partial charge in [0.1, 0.15) is 5.69 Å². The molecule has 0 radical (unpaired) electrons. The summed E-state index contributed by atoms with van der Waals surface area (Å²) in [6.45, 7) is 0. The van der Waals surface area contributed by atoms with Crippen LogP contribution in [0.25, 0.3) is 16.6 Å². The number of nitrogens with zero attached hydrogens (tertiary/aromatic N) is 2. The van der Waals surface area contributed by atoms with Gasteiger partial charge in [-0.1, -0.05) is 12.1 Å². The van der Waals surface area contributed by atoms with E-state index in [0.29, 0.717) is 16.6 Å². The van der Waals surface area contributed by atoms with Gasteiger partial charge < -0.3 is 10.3 Å². The van der Waals surface area contributed by atoms with E-state index in [1.165, 1.54) is 41.2 Å². The smallest absolute Gasteiger partial charge is 0.265 e. The molecule has 0 fully saturated rings. The van der Waals surface area contributed by atoms with E-state index < -0.39 is 25.8 Å². The van der Waals surface area contributed by atoms with Crippen molar-refractivity contribution in [3.63, 3.8) is 0 Å². The molecule has 4 aromatic rings. The van der Waals surface area contributed by atoms with Crippen LogP contribution in [-0.2, 0) is 19.9 Å². The minimum atomic E-state index is -3.85. The number of carbonyl (C=O) groups excluding carboxylic acids is 1. The summed E-state index contributed by atoms with van der Waals surface area (Å²) in [6.07, 6.45) is 3.76. The summed E-state index contributed by atoms with van der Waals surface area (Å²) in [7, 11) is -7.38. The Kier molecular flexibility index (Phi) is 5.23. The maximum atomic E-state index is 13.0. The fourth-order valence-electron chi connectivity index (χ4n) is 3.37. The van der Waals surface area contributed by atoms with Crippen molar-refractivity contribution >= 4 is 42.4 Å². The molecule has 0 spiro atoms. The van der Waals surface area contributed by atoms with Gasteiger partial charge in [-0.3, -0.25) is 14.5 Å². The maximum absolute atomic E-state index is 13.0. The standard InChI is InChI=1S/C21H18N4O5S2/c1-31(27,28)24-15-8-7-14-10-20(21(22)26)25(19(14)11-15)16-4-2-5-17(12-16)32(29,30)18-6-3-9-23-13-18/h2-13,24H,1H3,(H2,22,26). The van der Waals surface area contributed by atoms with E-state index in [0.717, 1.165) is 6.26 Å². The van der Waals surface area contributed by atoms with Gasteiger partial charge in [-0.15, -0.1) is 0 Å². The summed E-state index contributed by atoms with van der Waals surface area (Å²) < 4.78 is 53.2. The Bertz CT molecular complexity index is 1560. The van der Waals surface area contributed by atoms with E-state index in [4.69, 9.17) is 5.73 Å². The van der Waals surface area contributed by atoms with Crippen LogP contribution in [0.15, 0.2) is 82.8 Å². The molecule has 0 unspecified atom stereocenters. The molecule has 4 rings (SSSR count). The van der Waals surface area contributed by atoms with Crippen molar-refractivity contribution < 1.29 is 21.6 Å². The van der Waals surface area contributed by atoms with E-state index in [9.17, 15) is 21.6 Å². The van der Waals surface area contributed by atoms with E-state index in [2.05, 4.69) is 9.71 Å². The van der Waals surface area contributed by atoms with E-state index in [-0.39, 0.29) is 21.2 Å². The second-order valence-electron chi connectivity index (χ2n) is 7.07. The molecule has 3 N–H and O–H groups in total. The molecule has 2 aromatic heterocycles.